The SMILES string of the molecule is Cc1cc2c(cc1C)N(CC(O)C(O)C(O)OP(=O)(O)O)C1=NC(=O)NC(=O)C1(O)N2. The zero-order chi connectivity index (χ0) is 23.3. The van der Waals surface area contributed by atoms with Gasteiger partial charge in [0.15, 0.2) is 12.1 Å². The maximum atomic E-state index is 12.3. The molecule has 2 heterocycles. The minimum Gasteiger partial charge on any atom is -0.388 e. The number of aliphatic hydroxyl groups excluding tert-OH is 3. The number of aryl methyl sites for hydroxylation is 2. The second-order valence-corrected chi connectivity index (χ2v) is 8.33. The van der Waals surface area contributed by atoms with E-state index in [1.165, 1.54) is 0 Å². The Morgan fingerprint density at radius 3 is 2.42 bits per heavy atom. The molecule has 31 heavy (non-hydrogen) atoms. The number of hydrogen-bond donors (Lipinski definition) is 8. The summed E-state index contributed by atoms with van der Waals surface area (Å²) in [6, 6.07) is 2.13. The van der Waals surface area contributed by atoms with Gasteiger partial charge in [-0.2, -0.15) is 4.99 Å². The highest BCUT2D eigenvalue weighted by Crippen LogP contribution is 2.40. The highest BCUT2D eigenvalue weighted by Gasteiger charge is 2.53. The Balaban J connectivity index is 2.02. The van der Waals surface area contributed by atoms with E-state index >= 15 is 0 Å². The van der Waals surface area contributed by atoms with Crippen molar-refractivity contribution in [2.45, 2.75) is 38.1 Å². The number of nitrogens with one attached hydrogen (secondary N) is 2. The first-order valence-electron chi connectivity index (χ1n) is 8.85. The van der Waals surface area contributed by atoms with Crippen molar-refractivity contribution < 1.29 is 48.9 Å². The second kappa shape index (κ2) is 7.93. The standard InChI is InChI=1S/C16H21N4O10P/c1-6-3-8-9(4-7(6)2)20(5-10(21)11(22)12(23)30-31(27,28)29)13-16(26,19-8)14(24)18-15(25)17-13/h3-4,10-12,19,21-23,26H,5H2,1-2H3,(H,18,24,25)(H2,27,28,29). The molecule has 2 aliphatic heterocycles. The van der Waals surface area contributed by atoms with Crippen molar-refractivity contribution in [3.63, 3.8) is 0 Å². The molecule has 15 heteroatoms. The lowest BCUT2D eigenvalue weighted by Gasteiger charge is -2.44. The van der Waals surface area contributed by atoms with Crippen molar-refractivity contribution in [3.05, 3.63) is 23.3 Å². The van der Waals surface area contributed by atoms with Gasteiger partial charge in [0.1, 0.15) is 12.2 Å². The number of carbonyl (C=O) groups is 2. The van der Waals surface area contributed by atoms with Crippen molar-refractivity contribution >= 4 is 37.0 Å². The number of phosphoric ester groups is 1. The molecule has 0 fully saturated rings. The van der Waals surface area contributed by atoms with E-state index in [1.54, 1.807) is 26.0 Å². The molecule has 0 spiro atoms. The number of anilines is 2. The van der Waals surface area contributed by atoms with Gasteiger partial charge in [0.2, 0.25) is 0 Å². The fourth-order valence-corrected chi connectivity index (χ4v) is 3.57. The van der Waals surface area contributed by atoms with Gasteiger partial charge in [-0.15, -0.1) is 0 Å². The summed E-state index contributed by atoms with van der Waals surface area (Å²) in [5, 5.41) is 45.4. The van der Waals surface area contributed by atoms with Crippen molar-refractivity contribution in [1.82, 2.24) is 5.32 Å². The van der Waals surface area contributed by atoms with Crippen LogP contribution in [-0.4, -0.2) is 78.8 Å². The van der Waals surface area contributed by atoms with Crippen LogP contribution in [0.5, 0.6) is 0 Å². The fourth-order valence-electron chi connectivity index (χ4n) is 3.17. The number of nitrogens with zero attached hydrogens (tertiary/aromatic N) is 2. The predicted molar refractivity (Wildman–Crippen MR) is 104 cm³/mol. The first-order chi connectivity index (χ1) is 14.2. The van der Waals surface area contributed by atoms with Gasteiger partial charge in [0.25, 0.3) is 11.6 Å². The predicted octanol–water partition coefficient (Wildman–Crippen LogP) is -1.98. The smallest absolute Gasteiger partial charge is 0.388 e. The minimum atomic E-state index is -5.18. The fraction of sp³-hybridized carbons (Fsp3) is 0.438. The Bertz CT molecular complexity index is 1010. The van der Waals surface area contributed by atoms with E-state index in [4.69, 9.17) is 9.79 Å². The molecule has 4 unspecified atom stereocenters. The summed E-state index contributed by atoms with van der Waals surface area (Å²) in [6.07, 6.45) is -6.60. The third kappa shape index (κ3) is 4.46. The lowest BCUT2D eigenvalue weighted by Crippen LogP contribution is -2.69. The number of benzene rings is 1. The number of aliphatic imine (C=N–C) groups is 1. The second-order valence-electron chi connectivity index (χ2n) is 7.14. The maximum absolute atomic E-state index is 12.3. The number of amidine groups is 1. The summed E-state index contributed by atoms with van der Waals surface area (Å²) < 4.78 is 14.8. The van der Waals surface area contributed by atoms with Crippen LogP contribution < -0.4 is 15.5 Å². The van der Waals surface area contributed by atoms with Crippen LogP contribution in [0.25, 0.3) is 0 Å². The van der Waals surface area contributed by atoms with Crippen molar-refractivity contribution in [2.75, 3.05) is 16.8 Å². The topological polar surface area (TPSA) is 221 Å². The van der Waals surface area contributed by atoms with E-state index in [0.717, 1.165) is 16.0 Å². The van der Waals surface area contributed by atoms with Gasteiger partial charge in [-0.25, -0.2) is 9.36 Å². The first kappa shape index (κ1) is 23.2. The van der Waals surface area contributed by atoms with Crippen LogP contribution in [0.3, 0.4) is 0 Å². The number of aliphatic hydroxyl groups is 4. The van der Waals surface area contributed by atoms with E-state index < -0.39 is 56.4 Å². The molecule has 2 aliphatic rings. The zero-order valence-electron chi connectivity index (χ0n) is 16.3. The normalized spacial score (nSPS) is 23.7. The van der Waals surface area contributed by atoms with E-state index in [9.17, 15) is 34.6 Å². The zero-order valence-corrected chi connectivity index (χ0v) is 17.1. The van der Waals surface area contributed by atoms with Crippen LogP contribution in [-0.2, 0) is 13.9 Å². The summed E-state index contributed by atoms with van der Waals surface area (Å²) >= 11 is 0. The number of β-amino-alcohol motifs (C(OH)–C–C–N with tert-alkyl or cyclic N) is 1. The molecule has 0 bridgehead atoms. The molecule has 170 valence electrons. The first-order valence-corrected chi connectivity index (χ1v) is 10.4. The van der Waals surface area contributed by atoms with Gasteiger partial charge in [-0.3, -0.25) is 14.6 Å². The van der Waals surface area contributed by atoms with Gasteiger partial charge >= 0.3 is 13.9 Å². The third-order valence-electron chi connectivity index (χ3n) is 4.86. The van der Waals surface area contributed by atoms with Crippen LogP contribution in [0.1, 0.15) is 11.1 Å². The van der Waals surface area contributed by atoms with Gasteiger partial charge in [0, 0.05) is 0 Å². The number of imide groups is 1. The summed E-state index contributed by atoms with van der Waals surface area (Å²) in [4.78, 5) is 46.3. The van der Waals surface area contributed by atoms with E-state index in [0.29, 0.717) is 0 Å². The van der Waals surface area contributed by atoms with Crippen molar-refractivity contribution in [3.8, 4) is 0 Å². The summed E-state index contributed by atoms with van der Waals surface area (Å²) in [6.45, 7) is 2.88. The molecule has 0 radical (unpaired) electrons. The molecule has 14 nitrogen and oxygen atoms in total. The quantitative estimate of drug-likeness (QED) is 0.171. The Morgan fingerprint density at radius 1 is 1.19 bits per heavy atom. The number of amides is 3. The lowest BCUT2D eigenvalue weighted by atomic mass is 9.98. The molecule has 0 aliphatic carbocycles. The van der Waals surface area contributed by atoms with Crippen LogP contribution in [0.4, 0.5) is 16.2 Å². The largest absolute Gasteiger partial charge is 0.472 e. The molecule has 1 aromatic carbocycles. The summed E-state index contributed by atoms with van der Waals surface area (Å²) in [5.74, 6) is -1.63. The van der Waals surface area contributed by atoms with Crippen LogP contribution >= 0.6 is 7.82 Å². The molecule has 0 aromatic heterocycles. The molecule has 3 rings (SSSR count). The monoisotopic (exact) mass is 460 g/mol. The average Bonchev–Trinajstić information content (AvgIpc) is 2.63. The molecule has 4 atom stereocenters. The Hall–Kier alpha value is -2.42. The number of phosphoric acid groups is 1. The summed E-state index contributed by atoms with van der Waals surface area (Å²) in [7, 11) is -5.18. The number of urea groups is 1. The van der Waals surface area contributed by atoms with Crippen molar-refractivity contribution in [2.24, 2.45) is 4.99 Å². The number of hydrogen-bond acceptors (Lipinski definition) is 10. The van der Waals surface area contributed by atoms with Gasteiger partial charge in [-0.1, -0.05) is 0 Å². The number of carbonyl (C=O) groups excluding carboxylic acids is 2. The summed E-state index contributed by atoms with van der Waals surface area (Å²) in [5.41, 5.74) is -0.432. The van der Waals surface area contributed by atoms with Gasteiger partial charge < -0.3 is 40.4 Å². The molecular formula is C16H21N4O10P. The van der Waals surface area contributed by atoms with Crippen LogP contribution in [0, 0.1) is 13.8 Å². The Morgan fingerprint density at radius 2 is 1.81 bits per heavy atom. The molecular weight excluding hydrogens is 439 g/mol. The Kier molecular flexibility index (Phi) is 5.94. The molecule has 3 amide bonds. The number of fused-ring (bicyclic) bond motifs is 2. The Labute approximate surface area is 175 Å². The van der Waals surface area contributed by atoms with Gasteiger partial charge in [0.05, 0.1) is 17.9 Å². The van der Waals surface area contributed by atoms with E-state index in [1.807, 2.05) is 5.32 Å². The van der Waals surface area contributed by atoms with Gasteiger partial charge in [-0.05, 0) is 37.1 Å². The molecule has 8 N–H and O–H groups in total. The van der Waals surface area contributed by atoms with Crippen LogP contribution in [0.2, 0.25) is 0 Å². The highest BCUT2D eigenvalue weighted by molar-refractivity contribution is 7.46. The average molecular weight is 460 g/mol. The third-order valence-corrected chi connectivity index (χ3v) is 5.35. The van der Waals surface area contributed by atoms with E-state index in [-0.39, 0.29) is 11.4 Å². The molecule has 1 aromatic rings. The lowest BCUT2D eigenvalue weighted by molar-refractivity contribution is -0.148. The minimum absolute atomic E-state index is 0.239. The van der Waals surface area contributed by atoms with Crippen LogP contribution in [0.15, 0.2) is 17.1 Å². The highest BCUT2D eigenvalue weighted by atomic mass is 31.2. The molecule has 0 saturated heterocycles. The molecule has 0 saturated carbocycles. The van der Waals surface area contributed by atoms with E-state index in [2.05, 4.69) is 14.8 Å². The maximum Gasteiger partial charge on any atom is 0.472 e. The number of rotatable bonds is 6. The van der Waals surface area contributed by atoms with Crippen molar-refractivity contribution in [1.29, 1.82) is 0 Å².